The van der Waals surface area contributed by atoms with Crippen LogP contribution in [0.4, 0.5) is 17.3 Å². The third-order valence-electron chi connectivity index (χ3n) is 9.60. The highest BCUT2D eigenvalue weighted by atomic mass is 32.2. The second-order valence-electron chi connectivity index (χ2n) is 13.4. The standard InChI is InChI=1S/C36H44N8O7S/c1-52(49,50)26-12-10-24(11-13-26)40-34-32(33(37)46)39-20-30(41-34)43-17-3-8-25(21-43)38-16-5-19-51-18-4-7-23-6-2-9-27-28(23)22-44(36(27)48)29-14-15-31(45)42-35(29)47/h2,6,9-13,20,25,29,38H,3-5,7-8,14-19,21-22H2,1H3,(H2,37,46)(H,40,41)(H,42,45,47)/t25-,29?/m1/s1. The van der Waals surface area contributed by atoms with Crippen LogP contribution in [0.2, 0.25) is 0 Å². The normalized spacial score (nSPS) is 19.1. The number of rotatable bonds is 15. The number of aromatic nitrogens is 2. The van der Waals surface area contributed by atoms with Crippen LogP contribution in [-0.2, 0) is 37.1 Å². The highest BCUT2D eigenvalue weighted by Crippen LogP contribution is 2.30. The summed E-state index contributed by atoms with van der Waals surface area (Å²) >= 11 is 0. The van der Waals surface area contributed by atoms with Crippen molar-refractivity contribution in [3.8, 4) is 0 Å². The van der Waals surface area contributed by atoms with Crippen LogP contribution in [0.25, 0.3) is 0 Å². The van der Waals surface area contributed by atoms with Crippen LogP contribution in [0.1, 0.15) is 70.5 Å². The smallest absolute Gasteiger partial charge is 0.271 e. The quantitative estimate of drug-likeness (QED) is 0.131. The lowest BCUT2D eigenvalue weighted by Crippen LogP contribution is -2.52. The van der Waals surface area contributed by atoms with E-state index in [2.05, 4.69) is 30.8 Å². The minimum Gasteiger partial charge on any atom is -0.381 e. The van der Waals surface area contributed by atoms with Crippen molar-refractivity contribution < 1.29 is 32.3 Å². The summed E-state index contributed by atoms with van der Waals surface area (Å²) in [5.74, 6) is -0.798. The molecule has 276 valence electrons. The number of amides is 4. The van der Waals surface area contributed by atoms with Gasteiger partial charge in [-0.25, -0.2) is 18.4 Å². The molecule has 3 aliphatic rings. The number of hydrogen-bond acceptors (Lipinski definition) is 12. The maximum Gasteiger partial charge on any atom is 0.271 e. The molecule has 2 aromatic carbocycles. The topological polar surface area (TPSA) is 206 Å². The van der Waals surface area contributed by atoms with E-state index in [1.807, 2.05) is 12.1 Å². The minimum absolute atomic E-state index is 0.0122. The summed E-state index contributed by atoms with van der Waals surface area (Å²) in [6.45, 7) is 3.84. The molecule has 0 radical (unpaired) electrons. The molecule has 4 heterocycles. The first-order chi connectivity index (χ1) is 25.0. The number of piperidine rings is 2. The summed E-state index contributed by atoms with van der Waals surface area (Å²) in [4.78, 5) is 62.0. The first-order valence-electron chi connectivity index (χ1n) is 17.5. The van der Waals surface area contributed by atoms with Crippen molar-refractivity contribution in [2.24, 2.45) is 5.73 Å². The van der Waals surface area contributed by atoms with Crippen molar-refractivity contribution >= 4 is 50.8 Å². The largest absolute Gasteiger partial charge is 0.381 e. The number of carbonyl (C=O) groups is 4. The predicted octanol–water partition coefficient (Wildman–Crippen LogP) is 2.08. The molecule has 1 aromatic heterocycles. The van der Waals surface area contributed by atoms with E-state index in [-0.39, 0.29) is 40.7 Å². The number of nitrogens with zero attached hydrogens (tertiary/aromatic N) is 4. The maximum atomic E-state index is 13.1. The molecule has 2 saturated heterocycles. The molecular formula is C36H44N8O7S. The van der Waals surface area contributed by atoms with Crippen molar-refractivity contribution in [3.05, 3.63) is 71.0 Å². The van der Waals surface area contributed by atoms with Gasteiger partial charge in [-0.15, -0.1) is 0 Å². The molecule has 0 bridgehead atoms. The highest BCUT2D eigenvalue weighted by molar-refractivity contribution is 7.90. The lowest BCUT2D eigenvalue weighted by molar-refractivity contribution is -0.136. The van der Waals surface area contributed by atoms with Gasteiger partial charge in [-0.2, -0.15) is 0 Å². The second-order valence-corrected chi connectivity index (χ2v) is 15.4. The van der Waals surface area contributed by atoms with E-state index >= 15 is 0 Å². The molecule has 2 atom stereocenters. The molecule has 0 spiro atoms. The summed E-state index contributed by atoms with van der Waals surface area (Å²) in [7, 11) is -3.35. The number of fused-ring (bicyclic) bond motifs is 1. The zero-order valence-corrected chi connectivity index (χ0v) is 29.9. The Morgan fingerprint density at radius 3 is 2.62 bits per heavy atom. The Morgan fingerprint density at radius 2 is 1.87 bits per heavy atom. The summed E-state index contributed by atoms with van der Waals surface area (Å²) in [6, 6.07) is 11.5. The minimum atomic E-state index is -3.35. The summed E-state index contributed by atoms with van der Waals surface area (Å²) < 4.78 is 29.6. The lowest BCUT2D eigenvalue weighted by atomic mass is 10.00. The van der Waals surface area contributed by atoms with Gasteiger partial charge in [-0.05, 0) is 86.5 Å². The summed E-state index contributed by atoms with van der Waals surface area (Å²) in [6.07, 6.45) is 7.60. The predicted molar refractivity (Wildman–Crippen MR) is 193 cm³/mol. The number of carbonyl (C=O) groups excluding carboxylic acids is 4. The molecule has 52 heavy (non-hydrogen) atoms. The number of nitrogens with two attached hydrogens (primary N) is 1. The Balaban J connectivity index is 0.929. The third-order valence-corrected chi connectivity index (χ3v) is 10.7. The molecule has 2 fully saturated rings. The number of sulfone groups is 1. The van der Waals surface area contributed by atoms with Crippen molar-refractivity contribution in [1.29, 1.82) is 0 Å². The number of primary amides is 1. The number of nitrogens with one attached hydrogen (secondary N) is 3. The van der Waals surface area contributed by atoms with E-state index in [1.165, 1.54) is 12.1 Å². The van der Waals surface area contributed by atoms with Gasteiger partial charge in [0.15, 0.2) is 21.3 Å². The molecule has 3 aliphatic heterocycles. The summed E-state index contributed by atoms with van der Waals surface area (Å²) in [5, 5.41) is 9.03. The lowest BCUT2D eigenvalue weighted by Gasteiger charge is -2.34. The fourth-order valence-electron chi connectivity index (χ4n) is 6.90. The zero-order chi connectivity index (χ0) is 36.8. The molecular weight excluding hydrogens is 689 g/mol. The molecule has 15 nitrogen and oxygen atoms in total. The highest BCUT2D eigenvalue weighted by Gasteiger charge is 2.39. The van der Waals surface area contributed by atoms with Gasteiger partial charge in [-0.3, -0.25) is 24.5 Å². The number of ether oxygens (including phenoxy) is 1. The van der Waals surface area contributed by atoms with Gasteiger partial charge >= 0.3 is 0 Å². The Bertz CT molecular complexity index is 1940. The average molecular weight is 733 g/mol. The van der Waals surface area contributed by atoms with Gasteiger partial charge in [0.05, 0.1) is 11.1 Å². The molecule has 0 aliphatic carbocycles. The summed E-state index contributed by atoms with van der Waals surface area (Å²) in [5.41, 5.74) is 8.75. The number of imide groups is 1. The fraction of sp³-hybridized carbons (Fsp3) is 0.444. The van der Waals surface area contributed by atoms with Crippen LogP contribution in [-0.4, -0.2) is 98.1 Å². The Hall–Kier alpha value is -4.93. The van der Waals surface area contributed by atoms with Crippen LogP contribution in [0.3, 0.4) is 0 Å². The van der Waals surface area contributed by atoms with E-state index in [4.69, 9.17) is 10.5 Å². The van der Waals surface area contributed by atoms with Crippen molar-refractivity contribution in [2.75, 3.05) is 49.3 Å². The first kappa shape index (κ1) is 36.8. The SMILES string of the molecule is CS(=O)(=O)c1ccc(Nc2nc(N3CCC[C@@H](NCCCOCCCc4cccc5c4CN(C4CCC(=O)NC4=O)C5=O)C3)cnc2C(N)=O)cc1. The number of hydrogen-bond donors (Lipinski definition) is 4. The number of benzene rings is 2. The van der Waals surface area contributed by atoms with Crippen molar-refractivity contribution in [2.45, 2.75) is 68.5 Å². The van der Waals surface area contributed by atoms with Crippen LogP contribution < -0.4 is 26.6 Å². The molecule has 6 rings (SSSR count). The van der Waals surface area contributed by atoms with Gasteiger partial charge in [-0.1, -0.05) is 12.1 Å². The van der Waals surface area contributed by atoms with Gasteiger partial charge in [0.1, 0.15) is 11.9 Å². The number of anilines is 3. The Kier molecular flexibility index (Phi) is 11.5. The third kappa shape index (κ3) is 8.74. The molecule has 0 saturated carbocycles. The Morgan fingerprint density at radius 1 is 1.08 bits per heavy atom. The molecule has 1 unspecified atom stereocenters. The Labute approximate surface area is 302 Å². The van der Waals surface area contributed by atoms with Crippen LogP contribution in [0, 0.1) is 0 Å². The van der Waals surface area contributed by atoms with Crippen molar-refractivity contribution in [3.63, 3.8) is 0 Å². The van der Waals surface area contributed by atoms with Gasteiger partial charge in [0, 0.05) is 62.8 Å². The van der Waals surface area contributed by atoms with E-state index in [0.717, 1.165) is 62.6 Å². The molecule has 3 aromatic rings. The van der Waals surface area contributed by atoms with Crippen LogP contribution >= 0.6 is 0 Å². The van der Waals surface area contributed by atoms with Gasteiger partial charge < -0.3 is 30.9 Å². The van der Waals surface area contributed by atoms with Crippen LogP contribution in [0.5, 0.6) is 0 Å². The van der Waals surface area contributed by atoms with E-state index in [9.17, 15) is 27.6 Å². The molecule has 5 N–H and O–H groups in total. The van der Waals surface area contributed by atoms with E-state index in [0.29, 0.717) is 49.8 Å². The molecule has 4 amide bonds. The first-order valence-corrected chi connectivity index (χ1v) is 19.4. The monoisotopic (exact) mass is 732 g/mol. The average Bonchev–Trinajstić information content (AvgIpc) is 3.45. The van der Waals surface area contributed by atoms with E-state index < -0.39 is 27.7 Å². The van der Waals surface area contributed by atoms with Crippen LogP contribution in [0.15, 0.2) is 53.6 Å². The molecule has 16 heteroatoms. The number of aryl methyl sites for hydroxylation is 1. The van der Waals surface area contributed by atoms with E-state index in [1.54, 1.807) is 29.3 Å². The van der Waals surface area contributed by atoms with Gasteiger partial charge in [0.25, 0.3) is 11.8 Å². The fourth-order valence-corrected chi connectivity index (χ4v) is 7.54. The second kappa shape index (κ2) is 16.2. The van der Waals surface area contributed by atoms with Crippen molar-refractivity contribution in [1.82, 2.24) is 25.5 Å². The zero-order valence-electron chi connectivity index (χ0n) is 29.1. The maximum absolute atomic E-state index is 13.1. The van der Waals surface area contributed by atoms with Gasteiger partial charge in [0.2, 0.25) is 11.8 Å².